The normalized spacial score (nSPS) is 25.9. The van der Waals surface area contributed by atoms with Gasteiger partial charge in [0.2, 0.25) is 0 Å². The Hall–Kier alpha value is -0.160. The molecule has 0 radical (unpaired) electrons. The van der Waals surface area contributed by atoms with Gasteiger partial charge in [0.1, 0.15) is 0 Å². The summed E-state index contributed by atoms with van der Waals surface area (Å²) in [4.78, 5) is 5.13. The van der Waals surface area contributed by atoms with Gasteiger partial charge < -0.3 is 20.3 Å². The molecule has 112 valence electrons. The highest BCUT2D eigenvalue weighted by Crippen LogP contribution is 2.31. The van der Waals surface area contributed by atoms with Crippen LogP contribution in [0.1, 0.15) is 32.6 Å². The van der Waals surface area contributed by atoms with Crippen molar-refractivity contribution in [3.8, 4) is 0 Å². The van der Waals surface area contributed by atoms with Crippen LogP contribution in [0.25, 0.3) is 0 Å². The van der Waals surface area contributed by atoms with Gasteiger partial charge in [-0.25, -0.2) is 0 Å². The van der Waals surface area contributed by atoms with Gasteiger partial charge in [0.15, 0.2) is 0 Å². The summed E-state index contributed by atoms with van der Waals surface area (Å²) in [5.41, 5.74) is 6.37. The molecule has 4 nitrogen and oxygen atoms in total. The quantitative estimate of drug-likeness (QED) is 0.813. The molecule has 0 aromatic rings. The lowest BCUT2D eigenvalue weighted by atomic mass is 9.79. The Morgan fingerprint density at radius 2 is 1.89 bits per heavy atom. The highest BCUT2D eigenvalue weighted by atomic mass is 16.5. The molecule has 2 aliphatic heterocycles. The van der Waals surface area contributed by atoms with Gasteiger partial charge in [0, 0.05) is 25.8 Å². The number of hydrogen-bond donors (Lipinski definition) is 1. The van der Waals surface area contributed by atoms with Crippen LogP contribution in [0.5, 0.6) is 0 Å². The van der Waals surface area contributed by atoms with Crippen molar-refractivity contribution in [1.29, 1.82) is 0 Å². The molecule has 0 bridgehead atoms. The number of nitrogens with zero attached hydrogens (tertiary/aromatic N) is 2. The Bertz CT molecular complexity index is 258. The Labute approximate surface area is 118 Å². The highest BCUT2D eigenvalue weighted by molar-refractivity contribution is 4.88. The van der Waals surface area contributed by atoms with Gasteiger partial charge in [-0.3, -0.25) is 0 Å². The minimum atomic E-state index is 0.300. The largest absolute Gasteiger partial charge is 0.381 e. The zero-order chi connectivity index (χ0) is 13.7. The Morgan fingerprint density at radius 3 is 2.42 bits per heavy atom. The summed E-state index contributed by atoms with van der Waals surface area (Å²) in [6.45, 7) is 9.68. The lowest BCUT2D eigenvalue weighted by molar-refractivity contribution is -0.00756. The van der Waals surface area contributed by atoms with Crippen LogP contribution < -0.4 is 5.73 Å². The number of piperidine rings is 1. The van der Waals surface area contributed by atoms with Crippen LogP contribution in [-0.2, 0) is 4.74 Å². The predicted molar refractivity (Wildman–Crippen MR) is 79.3 cm³/mol. The third-order valence-electron chi connectivity index (χ3n) is 5.20. The van der Waals surface area contributed by atoms with E-state index in [0.717, 1.165) is 45.2 Å². The van der Waals surface area contributed by atoms with Gasteiger partial charge >= 0.3 is 0 Å². The molecule has 2 heterocycles. The molecule has 0 aliphatic carbocycles. The third-order valence-corrected chi connectivity index (χ3v) is 5.20. The van der Waals surface area contributed by atoms with E-state index in [1.165, 1.54) is 32.5 Å². The Morgan fingerprint density at radius 1 is 1.26 bits per heavy atom. The lowest BCUT2D eigenvalue weighted by Gasteiger charge is -2.43. The van der Waals surface area contributed by atoms with E-state index in [1.807, 2.05) is 0 Å². The molecule has 0 aromatic heterocycles. The number of nitrogens with two attached hydrogens (primary N) is 1. The molecule has 0 spiro atoms. The van der Waals surface area contributed by atoms with Crippen molar-refractivity contribution in [3.63, 3.8) is 0 Å². The molecule has 0 unspecified atom stereocenters. The van der Waals surface area contributed by atoms with Crippen LogP contribution in [0, 0.1) is 5.41 Å². The molecular weight excluding hydrogens is 238 g/mol. The maximum atomic E-state index is 6.07. The van der Waals surface area contributed by atoms with Crippen LogP contribution >= 0.6 is 0 Å². The fourth-order valence-corrected chi connectivity index (χ4v) is 3.57. The summed E-state index contributed by atoms with van der Waals surface area (Å²) in [6.07, 6.45) is 4.87. The van der Waals surface area contributed by atoms with Crippen LogP contribution in [0.3, 0.4) is 0 Å². The van der Waals surface area contributed by atoms with Gasteiger partial charge in [-0.2, -0.15) is 0 Å². The molecule has 0 amide bonds. The Kier molecular flexibility index (Phi) is 5.63. The minimum absolute atomic E-state index is 0.300. The molecule has 2 N–H and O–H groups in total. The first-order chi connectivity index (χ1) is 9.19. The van der Waals surface area contributed by atoms with E-state index in [-0.39, 0.29) is 0 Å². The second kappa shape index (κ2) is 7.02. The molecule has 0 saturated carbocycles. The van der Waals surface area contributed by atoms with E-state index in [2.05, 4.69) is 23.8 Å². The average Bonchev–Trinajstić information content (AvgIpc) is 2.48. The van der Waals surface area contributed by atoms with E-state index in [0.29, 0.717) is 5.41 Å². The maximum Gasteiger partial charge on any atom is 0.0472 e. The number of rotatable bonds is 5. The van der Waals surface area contributed by atoms with Crippen molar-refractivity contribution >= 4 is 0 Å². The number of ether oxygens (including phenoxy) is 1. The SMILES string of the molecule is CCN1CCC(N(C)CC2(CN)CCOCC2)CC1. The molecule has 4 heteroatoms. The van der Waals surface area contributed by atoms with Gasteiger partial charge in [0.25, 0.3) is 0 Å². The van der Waals surface area contributed by atoms with E-state index >= 15 is 0 Å². The van der Waals surface area contributed by atoms with Crippen molar-refractivity contribution in [2.45, 2.75) is 38.6 Å². The van der Waals surface area contributed by atoms with E-state index in [1.54, 1.807) is 0 Å². The average molecular weight is 269 g/mol. The van der Waals surface area contributed by atoms with Crippen molar-refractivity contribution in [2.75, 3.05) is 53.0 Å². The highest BCUT2D eigenvalue weighted by Gasteiger charge is 2.34. The van der Waals surface area contributed by atoms with E-state index in [4.69, 9.17) is 10.5 Å². The summed E-state index contributed by atoms with van der Waals surface area (Å²) < 4.78 is 5.50. The summed E-state index contributed by atoms with van der Waals surface area (Å²) >= 11 is 0. The van der Waals surface area contributed by atoms with Crippen molar-refractivity contribution in [2.24, 2.45) is 11.1 Å². The third kappa shape index (κ3) is 3.91. The molecule has 0 atom stereocenters. The van der Waals surface area contributed by atoms with Crippen LogP contribution in [0.4, 0.5) is 0 Å². The molecular formula is C15H31N3O. The topological polar surface area (TPSA) is 41.7 Å². The molecule has 19 heavy (non-hydrogen) atoms. The summed E-state index contributed by atoms with van der Waals surface area (Å²) in [5, 5.41) is 0. The van der Waals surface area contributed by atoms with Crippen molar-refractivity contribution in [1.82, 2.24) is 9.80 Å². The van der Waals surface area contributed by atoms with Gasteiger partial charge in [-0.05, 0) is 64.3 Å². The number of hydrogen-bond acceptors (Lipinski definition) is 4. The van der Waals surface area contributed by atoms with Gasteiger partial charge in [0.05, 0.1) is 0 Å². The summed E-state index contributed by atoms with van der Waals surface area (Å²) in [6, 6.07) is 0.745. The maximum absolute atomic E-state index is 6.07. The standard InChI is InChI=1S/C15H31N3O/c1-3-18-8-4-14(5-9-18)17(2)13-15(12-16)6-10-19-11-7-15/h14H,3-13,16H2,1-2H3. The smallest absolute Gasteiger partial charge is 0.0472 e. The monoisotopic (exact) mass is 269 g/mol. The van der Waals surface area contributed by atoms with E-state index in [9.17, 15) is 0 Å². The fourth-order valence-electron chi connectivity index (χ4n) is 3.57. The zero-order valence-electron chi connectivity index (χ0n) is 12.7. The molecule has 2 fully saturated rings. The molecule has 2 rings (SSSR count). The van der Waals surface area contributed by atoms with Crippen molar-refractivity contribution in [3.05, 3.63) is 0 Å². The van der Waals surface area contributed by atoms with Gasteiger partial charge in [-0.15, -0.1) is 0 Å². The van der Waals surface area contributed by atoms with Crippen molar-refractivity contribution < 1.29 is 4.74 Å². The second-order valence-electron chi connectivity index (χ2n) is 6.40. The summed E-state index contributed by atoms with van der Waals surface area (Å²) in [7, 11) is 2.29. The number of likely N-dealkylation sites (tertiary alicyclic amines) is 1. The first-order valence-electron chi connectivity index (χ1n) is 7.89. The predicted octanol–water partition coefficient (Wildman–Crippen LogP) is 1.16. The fraction of sp³-hybridized carbons (Fsp3) is 1.00. The lowest BCUT2D eigenvalue weighted by Crippen LogP contribution is -2.50. The van der Waals surface area contributed by atoms with Gasteiger partial charge in [-0.1, -0.05) is 6.92 Å². The molecule has 0 aromatic carbocycles. The first kappa shape index (κ1) is 15.2. The molecule has 2 aliphatic rings. The Balaban J connectivity index is 1.84. The minimum Gasteiger partial charge on any atom is -0.381 e. The van der Waals surface area contributed by atoms with Crippen LogP contribution in [0.2, 0.25) is 0 Å². The zero-order valence-corrected chi connectivity index (χ0v) is 12.7. The second-order valence-corrected chi connectivity index (χ2v) is 6.40. The molecule has 2 saturated heterocycles. The first-order valence-corrected chi connectivity index (χ1v) is 7.89. The van der Waals surface area contributed by atoms with Crippen LogP contribution in [-0.4, -0.2) is 68.8 Å². The van der Waals surface area contributed by atoms with E-state index < -0.39 is 0 Å². The van der Waals surface area contributed by atoms with Crippen LogP contribution in [0.15, 0.2) is 0 Å². The summed E-state index contributed by atoms with van der Waals surface area (Å²) in [5.74, 6) is 0.